The molecule has 172 valence electrons. The fourth-order valence-corrected chi connectivity index (χ4v) is 4.44. The monoisotopic (exact) mass is 482 g/mol. The third-order valence-corrected chi connectivity index (χ3v) is 6.43. The van der Waals surface area contributed by atoms with Crippen molar-refractivity contribution in [1.29, 1.82) is 0 Å². The molecule has 0 aliphatic carbocycles. The average Bonchev–Trinajstić information content (AvgIpc) is 2.80. The SMILES string of the molecule is CCCc1c(OCCCSc2ccc(CC(=O)O)cc2)cccc1C(=O)c1ccc(Cl)cc1. The van der Waals surface area contributed by atoms with Gasteiger partial charge in [0.1, 0.15) is 5.75 Å². The lowest BCUT2D eigenvalue weighted by Gasteiger charge is -2.15. The highest BCUT2D eigenvalue weighted by Crippen LogP contribution is 2.27. The van der Waals surface area contributed by atoms with Gasteiger partial charge < -0.3 is 9.84 Å². The second kappa shape index (κ2) is 12.5. The number of ether oxygens (including phenoxy) is 1. The van der Waals surface area contributed by atoms with Crippen molar-refractivity contribution in [3.63, 3.8) is 0 Å². The Bertz CT molecular complexity index is 1080. The average molecular weight is 483 g/mol. The summed E-state index contributed by atoms with van der Waals surface area (Å²) < 4.78 is 6.08. The molecule has 0 bridgehead atoms. The minimum absolute atomic E-state index is 0.0255. The Morgan fingerprint density at radius 3 is 2.39 bits per heavy atom. The van der Waals surface area contributed by atoms with Crippen LogP contribution in [0.15, 0.2) is 71.6 Å². The molecule has 0 radical (unpaired) electrons. The molecule has 3 aromatic rings. The van der Waals surface area contributed by atoms with E-state index < -0.39 is 5.97 Å². The Hall–Kier alpha value is -2.76. The molecule has 1 N–H and O–H groups in total. The summed E-state index contributed by atoms with van der Waals surface area (Å²) in [7, 11) is 0. The Labute approximate surface area is 203 Å². The van der Waals surface area contributed by atoms with E-state index in [1.807, 2.05) is 42.5 Å². The van der Waals surface area contributed by atoms with Gasteiger partial charge in [-0.2, -0.15) is 0 Å². The van der Waals surface area contributed by atoms with Crippen LogP contribution >= 0.6 is 23.4 Å². The Morgan fingerprint density at radius 1 is 1.00 bits per heavy atom. The van der Waals surface area contributed by atoms with Crippen molar-refractivity contribution in [2.45, 2.75) is 37.5 Å². The van der Waals surface area contributed by atoms with Gasteiger partial charge in [0, 0.05) is 32.4 Å². The van der Waals surface area contributed by atoms with Crippen molar-refractivity contribution in [2.75, 3.05) is 12.4 Å². The van der Waals surface area contributed by atoms with Crippen LogP contribution in [-0.4, -0.2) is 29.2 Å². The van der Waals surface area contributed by atoms with Crippen molar-refractivity contribution in [1.82, 2.24) is 0 Å². The Morgan fingerprint density at radius 2 is 1.73 bits per heavy atom. The summed E-state index contributed by atoms with van der Waals surface area (Å²) in [5, 5.41) is 9.46. The minimum atomic E-state index is -0.825. The van der Waals surface area contributed by atoms with E-state index in [4.69, 9.17) is 21.4 Å². The van der Waals surface area contributed by atoms with E-state index in [1.165, 1.54) is 0 Å². The lowest BCUT2D eigenvalue weighted by atomic mass is 9.95. The molecule has 0 fully saturated rings. The maximum atomic E-state index is 13.1. The molecule has 0 aliphatic rings. The van der Waals surface area contributed by atoms with Crippen molar-refractivity contribution >= 4 is 35.1 Å². The van der Waals surface area contributed by atoms with Crippen molar-refractivity contribution in [3.8, 4) is 5.75 Å². The summed E-state index contributed by atoms with van der Waals surface area (Å²) in [6.45, 7) is 2.64. The first kappa shape index (κ1) is 24.9. The largest absolute Gasteiger partial charge is 0.493 e. The van der Waals surface area contributed by atoms with Crippen LogP contribution in [0.2, 0.25) is 5.02 Å². The van der Waals surface area contributed by atoms with Gasteiger partial charge in [-0.25, -0.2) is 0 Å². The number of carboxylic acids is 1. The second-order valence-electron chi connectivity index (χ2n) is 7.63. The van der Waals surface area contributed by atoms with Crippen LogP contribution in [0.1, 0.15) is 46.8 Å². The smallest absolute Gasteiger partial charge is 0.307 e. The Balaban J connectivity index is 1.58. The first-order valence-electron chi connectivity index (χ1n) is 11.0. The van der Waals surface area contributed by atoms with E-state index in [0.29, 0.717) is 22.8 Å². The molecule has 0 spiro atoms. The number of carbonyl (C=O) groups is 2. The number of hydrogen-bond acceptors (Lipinski definition) is 4. The fourth-order valence-electron chi connectivity index (χ4n) is 3.49. The molecule has 6 heteroatoms. The zero-order chi connectivity index (χ0) is 23.6. The van der Waals surface area contributed by atoms with Crippen LogP contribution in [0.5, 0.6) is 5.75 Å². The number of carbonyl (C=O) groups excluding carboxylic acids is 1. The number of ketones is 1. The maximum absolute atomic E-state index is 13.1. The fraction of sp³-hybridized carbons (Fsp3) is 0.259. The summed E-state index contributed by atoms with van der Waals surface area (Å²) >= 11 is 7.67. The molecule has 0 aromatic heterocycles. The number of halogens is 1. The third kappa shape index (κ3) is 7.37. The van der Waals surface area contributed by atoms with E-state index in [2.05, 4.69) is 6.92 Å². The molecular formula is C27H27ClO4S. The van der Waals surface area contributed by atoms with Crippen LogP contribution in [0, 0.1) is 0 Å². The molecular weight excluding hydrogens is 456 g/mol. The zero-order valence-electron chi connectivity index (χ0n) is 18.6. The van der Waals surface area contributed by atoms with Crippen LogP contribution in [0.25, 0.3) is 0 Å². The number of rotatable bonds is 12. The second-order valence-corrected chi connectivity index (χ2v) is 9.24. The molecule has 0 heterocycles. The van der Waals surface area contributed by atoms with E-state index in [0.717, 1.165) is 46.8 Å². The van der Waals surface area contributed by atoms with Crippen molar-refractivity contribution in [3.05, 3.63) is 94.0 Å². The number of thioether (sulfide) groups is 1. The van der Waals surface area contributed by atoms with Gasteiger partial charge in [0.05, 0.1) is 13.0 Å². The highest BCUT2D eigenvalue weighted by atomic mass is 35.5. The molecule has 3 rings (SSSR count). The standard InChI is InChI=1S/C27H27ClO4S/c1-2-5-23-24(27(31)20-10-12-21(28)13-11-20)6-3-7-25(23)32-16-4-17-33-22-14-8-19(9-15-22)18-26(29)30/h3,6-15H,2,4-5,16-18H2,1H3,(H,29,30). The van der Waals surface area contributed by atoms with E-state index in [1.54, 1.807) is 36.0 Å². The van der Waals surface area contributed by atoms with Gasteiger partial charge in [0.15, 0.2) is 5.78 Å². The number of benzene rings is 3. The molecule has 4 nitrogen and oxygen atoms in total. The quantitative estimate of drug-likeness (QED) is 0.176. The van der Waals surface area contributed by atoms with Gasteiger partial charge in [-0.05, 0) is 60.9 Å². The minimum Gasteiger partial charge on any atom is -0.493 e. The highest BCUT2D eigenvalue weighted by molar-refractivity contribution is 7.99. The molecule has 33 heavy (non-hydrogen) atoms. The molecule has 0 atom stereocenters. The molecule has 3 aromatic carbocycles. The van der Waals surface area contributed by atoms with Crippen LogP contribution in [0.3, 0.4) is 0 Å². The predicted molar refractivity (Wildman–Crippen MR) is 134 cm³/mol. The first-order valence-corrected chi connectivity index (χ1v) is 12.3. The van der Waals surface area contributed by atoms with Gasteiger partial charge in [-0.1, -0.05) is 49.2 Å². The van der Waals surface area contributed by atoms with Gasteiger partial charge >= 0.3 is 5.97 Å². The van der Waals surface area contributed by atoms with E-state index >= 15 is 0 Å². The van der Waals surface area contributed by atoms with Crippen LogP contribution < -0.4 is 4.74 Å². The molecule has 0 saturated carbocycles. The number of hydrogen-bond donors (Lipinski definition) is 1. The maximum Gasteiger partial charge on any atom is 0.307 e. The van der Waals surface area contributed by atoms with Crippen LogP contribution in [-0.2, 0) is 17.6 Å². The third-order valence-electron chi connectivity index (χ3n) is 5.08. The van der Waals surface area contributed by atoms with Gasteiger partial charge in [0.2, 0.25) is 0 Å². The summed E-state index contributed by atoms with van der Waals surface area (Å²) in [6.07, 6.45) is 2.57. The molecule has 0 aliphatic heterocycles. The summed E-state index contributed by atoms with van der Waals surface area (Å²) in [4.78, 5) is 25.0. The first-order chi connectivity index (χ1) is 16.0. The molecule has 0 unspecified atom stereocenters. The van der Waals surface area contributed by atoms with Crippen molar-refractivity contribution < 1.29 is 19.4 Å². The lowest BCUT2D eigenvalue weighted by molar-refractivity contribution is -0.136. The number of aliphatic carboxylic acids is 1. The topological polar surface area (TPSA) is 63.6 Å². The van der Waals surface area contributed by atoms with E-state index in [9.17, 15) is 9.59 Å². The summed E-state index contributed by atoms with van der Waals surface area (Å²) in [6, 6.07) is 20.2. The van der Waals surface area contributed by atoms with E-state index in [-0.39, 0.29) is 12.2 Å². The summed E-state index contributed by atoms with van der Waals surface area (Å²) in [5.74, 6) is 0.793. The van der Waals surface area contributed by atoms with Gasteiger partial charge in [0.25, 0.3) is 0 Å². The number of carboxylic acid groups (broad SMARTS) is 1. The van der Waals surface area contributed by atoms with Crippen molar-refractivity contribution in [2.24, 2.45) is 0 Å². The molecule has 0 amide bonds. The zero-order valence-corrected chi connectivity index (χ0v) is 20.1. The summed E-state index contributed by atoms with van der Waals surface area (Å²) in [5.41, 5.74) is 3.03. The predicted octanol–water partition coefficient (Wildman–Crippen LogP) is 6.71. The molecule has 0 saturated heterocycles. The van der Waals surface area contributed by atoms with Gasteiger partial charge in [-0.3, -0.25) is 9.59 Å². The van der Waals surface area contributed by atoms with Crippen LogP contribution in [0.4, 0.5) is 0 Å². The highest BCUT2D eigenvalue weighted by Gasteiger charge is 2.17. The van der Waals surface area contributed by atoms with Gasteiger partial charge in [-0.15, -0.1) is 11.8 Å². The Kier molecular flexibility index (Phi) is 9.40. The normalized spacial score (nSPS) is 10.7. The lowest BCUT2D eigenvalue weighted by Crippen LogP contribution is -2.09.